The van der Waals surface area contributed by atoms with Crippen LogP contribution in [0.5, 0.6) is 11.5 Å². The Morgan fingerprint density at radius 1 is 0.905 bits per heavy atom. The molecule has 0 spiro atoms. The molecule has 0 fully saturated rings. The van der Waals surface area contributed by atoms with Crippen molar-refractivity contribution < 1.29 is 63.0 Å². The highest BCUT2D eigenvalue weighted by atomic mass is 19.4. The molecule has 0 saturated carbocycles. The Kier molecular flexibility index (Phi) is 9.13. The summed E-state index contributed by atoms with van der Waals surface area (Å²) in [5.74, 6) is -3.81. The highest BCUT2D eigenvalue weighted by molar-refractivity contribution is 6.07. The Morgan fingerprint density at radius 3 is 2.02 bits per heavy atom. The van der Waals surface area contributed by atoms with Gasteiger partial charge in [0.05, 0.1) is 18.4 Å². The number of alkyl halides is 9. The van der Waals surface area contributed by atoms with Crippen molar-refractivity contribution >= 4 is 17.4 Å². The van der Waals surface area contributed by atoms with Gasteiger partial charge in [0, 0.05) is 23.1 Å². The summed E-state index contributed by atoms with van der Waals surface area (Å²) in [5, 5.41) is 2.44. The second kappa shape index (κ2) is 11.9. The molecular weight excluding hydrogens is 592 g/mol. The van der Waals surface area contributed by atoms with Crippen molar-refractivity contribution in [2.45, 2.75) is 38.0 Å². The standard InChI is InChI=1S/C27H19F10NO4/c1-13-10-15(25(31,26(32,33)34)27(35,36)37)11-21(42-24(29)30)18(13)12-20(39)17-4-3-5-19(22(17)41-2)38-23(40)14-6-8-16(28)9-7-14/h3-11,24H,12H2,1-2H3,(H,38,40). The summed E-state index contributed by atoms with van der Waals surface area (Å²) in [6.45, 7) is -2.88. The van der Waals surface area contributed by atoms with Crippen LogP contribution in [-0.4, -0.2) is 37.8 Å². The maximum atomic E-state index is 14.7. The van der Waals surface area contributed by atoms with Crippen LogP contribution in [0.15, 0.2) is 54.6 Å². The molecule has 0 unspecified atom stereocenters. The first-order valence-electron chi connectivity index (χ1n) is 11.6. The number of aryl methyl sites for hydroxylation is 1. The van der Waals surface area contributed by atoms with E-state index in [1.807, 2.05) is 0 Å². The minimum atomic E-state index is -6.52. The molecular formula is C27H19F10NO4. The van der Waals surface area contributed by atoms with Gasteiger partial charge in [0.2, 0.25) is 0 Å². The van der Waals surface area contributed by atoms with Gasteiger partial charge in [-0.2, -0.15) is 35.1 Å². The first-order chi connectivity index (χ1) is 19.4. The number of anilines is 1. The molecule has 3 aromatic carbocycles. The minimum Gasteiger partial charge on any atom is -0.494 e. The van der Waals surface area contributed by atoms with Crippen LogP contribution in [0.3, 0.4) is 0 Å². The van der Waals surface area contributed by atoms with Crippen LogP contribution in [0.2, 0.25) is 0 Å². The Hall–Kier alpha value is -4.30. The zero-order valence-corrected chi connectivity index (χ0v) is 21.4. The van der Waals surface area contributed by atoms with Crippen LogP contribution in [0.4, 0.5) is 49.6 Å². The number of hydrogen-bond acceptors (Lipinski definition) is 4. The molecule has 0 aliphatic rings. The third kappa shape index (κ3) is 6.44. The number of amides is 1. The average Bonchev–Trinajstić information content (AvgIpc) is 2.88. The number of benzene rings is 3. The number of carbonyl (C=O) groups excluding carboxylic acids is 2. The van der Waals surface area contributed by atoms with Gasteiger partial charge in [-0.3, -0.25) is 9.59 Å². The Bertz CT molecular complexity index is 1450. The van der Waals surface area contributed by atoms with Gasteiger partial charge in [-0.05, 0) is 55.0 Å². The predicted molar refractivity (Wildman–Crippen MR) is 128 cm³/mol. The molecule has 42 heavy (non-hydrogen) atoms. The molecule has 0 aliphatic carbocycles. The van der Waals surface area contributed by atoms with Gasteiger partial charge in [-0.15, -0.1) is 0 Å². The zero-order valence-electron chi connectivity index (χ0n) is 21.4. The number of ketones is 1. The van der Waals surface area contributed by atoms with Gasteiger partial charge < -0.3 is 14.8 Å². The maximum Gasteiger partial charge on any atom is 0.435 e. The number of methoxy groups -OCH3 is 1. The lowest BCUT2D eigenvalue weighted by atomic mass is 9.89. The van der Waals surface area contributed by atoms with E-state index in [0.29, 0.717) is 0 Å². The van der Waals surface area contributed by atoms with E-state index in [0.717, 1.165) is 26.2 Å². The summed E-state index contributed by atoms with van der Waals surface area (Å²) in [6, 6.07) is 8.14. The summed E-state index contributed by atoms with van der Waals surface area (Å²) in [6.07, 6.45) is -14.0. The summed E-state index contributed by atoms with van der Waals surface area (Å²) >= 11 is 0. The number of halogens is 10. The van der Waals surface area contributed by atoms with Gasteiger partial charge in [0.15, 0.2) is 11.5 Å². The van der Waals surface area contributed by atoms with Crippen LogP contribution in [0.25, 0.3) is 0 Å². The van der Waals surface area contributed by atoms with Gasteiger partial charge in [0.1, 0.15) is 11.6 Å². The molecule has 5 nitrogen and oxygen atoms in total. The number of carbonyl (C=O) groups is 2. The second-order valence-corrected chi connectivity index (χ2v) is 8.75. The van der Waals surface area contributed by atoms with Crippen LogP contribution < -0.4 is 14.8 Å². The molecule has 1 amide bonds. The zero-order chi connectivity index (χ0) is 31.6. The quantitative estimate of drug-likeness (QED) is 0.199. The van der Waals surface area contributed by atoms with Gasteiger partial charge >= 0.3 is 24.6 Å². The molecule has 0 heterocycles. The third-order valence-electron chi connectivity index (χ3n) is 6.04. The fraction of sp³-hybridized carbons (Fsp3) is 0.259. The first kappa shape index (κ1) is 32.2. The molecule has 0 aromatic heterocycles. The lowest BCUT2D eigenvalue weighted by molar-refractivity contribution is -0.348. The summed E-state index contributed by atoms with van der Waals surface area (Å²) < 4.78 is 143. The number of para-hydroxylation sites is 1. The van der Waals surface area contributed by atoms with Crippen LogP contribution in [-0.2, 0) is 12.1 Å². The van der Waals surface area contributed by atoms with E-state index >= 15 is 0 Å². The van der Waals surface area contributed by atoms with Gasteiger partial charge in [-0.1, -0.05) is 12.1 Å². The molecule has 0 bridgehead atoms. The fourth-order valence-corrected chi connectivity index (χ4v) is 4.03. The Balaban J connectivity index is 2.04. The van der Waals surface area contributed by atoms with Crippen LogP contribution >= 0.6 is 0 Å². The van der Waals surface area contributed by atoms with Crippen LogP contribution in [0.1, 0.15) is 37.4 Å². The topological polar surface area (TPSA) is 64.6 Å². The van der Waals surface area contributed by atoms with Crippen LogP contribution in [0, 0.1) is 12.7 Å². The number of rotatable bonds is 9. The number of Topliss-reactive ketones (excluding diaryl/α,β-unsaturated/α-hetero) is 1. The molecule has 3 aromatic rings. The summed E-state index contributed by atoms with van der Waals surface area (Å²) in [4.78, 5) is 25.8. The van der Waals surface area contributed by atoms with E-state index in [-0.39, 0.29) is 34.7 Å². The van der Waals surface area contributed by atoms with Crippen molar-refractivity contribution in [1.29, 1.82) is 0 Å². The van der Waals surface area contributed by atoms with E-state index in [1.165, 1.54) is 30.3 Å². The SMILES string of the molecule is COc1c(NC(=O)c2ccc(F)cc2)cccc1C(=O)Cc1c(C)cc(C(F)(C(F)(F)F)C(F)(F)F)cc1OC(F)F. The van der Waals surface area contributed by atoms with E-state index in [9.17, 15) is 53.5 Å². The largest absolute Gasteiger partial charge is 0.494 e. The first-order valence-corrected chi connectivity index (χ1v) is 11.6. The number of ether oxygens (including phenoxy) is 2. The van der Waals surface area contributed by atoms with Crippen molar-refractivity contribution in [2.24, 2.45) is 0 Å². The lowest BCUT2D eigenvalue weighted by Gasteiger charge is -2.31. The summed E-state index contributed by atoms with van der Waals surface area (Å²) in [7, 11) is 1.11. The lowest BCUT2D eigenvalue weighted by Crippen LogP contribution is -2.50. The van der Waals surface area contributed by atoms with E-state index < -0.39 is 71.0 Å². The van der Waals surface area contributed by atoms with Crippen molar-refractivity contribution in [3.8, 4) is 11.5 Å². The maximum absolute atomic E-state index is 14.7. The number of nitrogens with one attached hydrogen (secondary N) is 1. The molecule has 15 heteroatoms. The normalized spacial score (nSPS) is 12.3. The predicted octanol–water partition coefficient (Wildman–Crippen LogP) is 7.71. The molecule has 0 atom stereocenters. The highest BCUT2D eigenvalue weighted by Gasteiger charge is 2.73. The smallest absolute Gasteiger partial charge is 0.435 e. The fourth-order valence-electron chi connectivity index (χ4n) is 4.03. The average molecular weight is 611 g/mol. The third-order valence-corrected chi connectivity index (χ3v) is 6.04. The Morgan fingerprint density at radius 2 is 1.50 bits per heavy atom. The monoisotopic (exact) mass is 611 g/mol. The highest BCUT2D eigenvalue weighted by Crippen LogP contribution is 2.54. The molecule has 1 N–H and O–H groups in total. The molecule has 0 aliphatic heterocycles. The minimum absolute atomic E-state index is 0.0290. The van der Waals surface area contributed by atoms with Crippen molar-refractivity contribution in [1.82, 2.24) is 0 Å². The van der Waals surface area contributed by atoms with Crippen molar-refractivity contribution in [3.63, 3.8) is 0 Å². The van der Waals surface area contributed by atoms with E-state index in [4.69, 9.17) is 4.74 Å². The molecule has 226 valence electrons. The molecule has 3 rings (SSSR count). The summed E-state index contributed by atoms with van der Waals surface area (Å²) in [5.41, 5.74) is -9.47. The van der Waals surface area contributed by atoms with Gasteiger partial charge in [0.25, 0.3) is 5.91 Å². The molecule has 0 radical (unpaired) electrons. The van der Waals surface area contributed by atoms with E-state index in [2.05, 4.69) is 10.1 Å². The Labute approximate surface area is 231 Å². The van der Waals surface area contributed by atoms with Gasteiger partial charge in [-0.25, -0.2) is 8.78 Å². The van der Waals surface area contributed by atoms with Crippen molar-refractivity contribution in [2.75, 3.05) is 12.4 Å². The van der Waals surface area contributed by atoms with E-state index in [1.54, 1.807) is 0 Å². The number of hydrogen-bond donors (Lipinski definition) is 1. The molecule has 0 saturated heterocycles. The second-order valence-electron chi connectivity index (χ2n) is 8.75. The van der Waals surface area contributed by atoms with Crippen molar-refractivity contribution in [3.05, 3.63) is 88.2 Å².